The fraction of sp³-hybridized carbons (Fsp3) is 0.536. The maximum absolute atomic E-state index is 13.3. The van der Waals surface area contributed by atoms with Crippen molar-refractivity contribution in [2.24, 2.45) is 28.6 Å². The lowest BCUT2D eigenvalue weighted by Crippen LogP contribution is -2.58. The van der Waals surface area contributed by atoms with E-state index in [1.54, 1.807) is 12.2 Å². The standard InChI is InChI=1S/C28H31NO7/c1-26-12-9-20(30)15-18(26)5-8-21-22(26)10-13-27(2)23(21)11-14-28(27,33)24(31)16-36-25(32)17-3-6-19(7-4-17)29(34)35/h3-4,6-7,9,12,15,21-23,33H,5,8,10-11,13-14,16H2,1-2H3. The highest BCUT2D eigenvalue weighted by atomic mass is 16.6. The quantitative estimate of drug-likeness (QED) is 0.367. The zero-order valence-electron chi connectivity index (χ0n) is 20.6. The number of benzene rings is 1. The van der Waals surface area contributed by atoms with E-state index in [-0.39, 0.29) is 28.4 Å². The summed E-state index contributed by atoms with van der Waals surface area (Å²) >= 11 is 0. The first-order valence-electron chi connectivity index (χ1n) is 12.6. The number of allylic oxidation sites excluding steroid dienone is 4. The number of carbonyl (C=O) groups is 3. The summed E-state index contributed by atoms with van der Waals surface area (Å²) in [4.78, 5) is 48.0. The van der Waals surface area contributed by atoms with Gasteiger partial charge in [0.25, 0.3) is 5.69 Å². The lowest BCUT2D eigenvalue weighted by atomic mass is 9.47. The Hall–Kier alpha value is -3.13. The summed E-state index contributed by atoms with van der Waals surface area (Å²) in [5.41, 5.74) is -1.20. The van der Waals surface area contributed by atoms with Crippen molar-refractivity contribution in [3.63, 3.8) is 0 Å². The van der Waals surface area contributed by atoms with Crippen molar-refractivity contribution in [3.05, 3.63) is 63.7 Å². The fourth-order valence-electron chi connectivity index (χ4n) is 7.72. The van der Waals surface area contributed by atoms with E-state index >= 15 is 0 Å². The monoisotopic (exact) mass is 493 g/mol. The number of rotatable bonds is 5. The molecule has 1 aromatic rings. The van der Waals surface area contributed by atoms with E-state index < -0.39 is 34.3 Å². The number of ketones is 2. The van der Waals surface area contributed by atoms with Crippen molar-refractivity contribution in [1.82, 2.24) is 0 Å². The molecule has 8 heteroatoms. The SMILES string of the molecule is CC12C=CC(=O)C=C1CCC1C2CCC2(C)C1CCC2(O)C(=O)COC(=O)c1ccc([N+](=O)[O-])cc1. The minimum atomic E-state index is -1.58. The van der Waals surface area contributed by atoms with Crippen LogP contribution in [-0.2, 0) is 14.3 Å². The molecule has 6 unspecified atom stereocenters. The first-order valence-corrected chi connectivity index (χ1v) is 12.6. The second-order valence-corrected chi connectivity index (χ2v) is 11.3. The number of nitrogens with zero attached hydrogens (tertiary/aromatic N) is 1. The Bertz CT molecular complexity index is 1200. The van der Waals surface area contributed by atoms with Gasteiger partial charge in [-0.2, -0.15) is 0 Å². The summed E-state index contributed by atoms with van der Waals surface area (Å²) < 4.78 is 5.23. The predicted molar refractivity (Wildman–Crippen MR) is 130 cm³/mol. The molecule has 3 saturated carbocycles. The topological polar surface area (TPSA) is 124 Å². The molecule has 5 rings (SSSR count). The van der Waals surface area contributed by atoms with E-state index in [1.165, 1.54) is 29.8 Å². The van der Waals surface area contributed by atoms with Crippen LogP contribution < -0.4 is 0 Å². The van der Waals surface area contributed by atoms with Gasteiger partial charge in [0.05, 0.1) is 10.5 Å². The van der Waals surface area contributed by atoms with E-state index in [1.807, 2.05) is 6.92 Å². The number of hydrogen-bond donors (Lipinski definition) is 1. The molecule has 1 N–H and O–H groups in total. The van der Waals surface area contributed by atoms with Crippen LogP contribution >= 0.6 is 0 Å². The van der Waals surface area contributed by atoms with Crippen LogP contribution in [-0.4, -0.2) is 39.8 Å². The van der Waals surface area contributed by atoms with Crippen molar-refractivity contribution >= 4 is 23.2 Å². The number of fused-ring (bicyclic) bond motifs is 5. The third-order valence-electron chi connectivity index (χ3n) is 9.82. The Morgan fingerprint density at radius 3 is 2.50 bits per heavy atom. The number of nitro groups is 1. The number of hydrogen-bond acceptors (Lipinski definition) is 7. The number of nitro benzene ring substituents is 1. The summed E-state index contributed by atoms with van der Waals surface area (Å²) in [5.74, 6) is -0.341. The van der Waals surface area contributed by atoms with Crippen molar-refractivity contribution in [1.29, 1.82) is 0 Å². The van der Waals surface area contributed by atoms with Crippen LogP contribution in [0, 0.1) is 38.7 Å². The van der Waals surface area contributed by atoms with Crippen LogP contribution in [0.1, 0.15) is 62.7 Å². The van der Waals surface area contributed by atoms with Gasteiger partial charge in [-0.1, -0.05) is 25.5 Å². The molecule has 4 aliphatic carbocycles. The Morgan fingerprint density at radius 1 is 1.11 bits per heavy atom. The highest BCUT2D eigenvalue weighted by molar-refractivity contribution is 6.01. The lowest BCUT2D eigenvalue weighted by Gasteiger charge is -2.57. The average molecular weight is 494 g/mol. The van der Waals surface area contributed by atoms with Gasteiger partial charge in [0, 0.05) is 23.0 Å². The number of aliphatic hydroxyl groups is 1. The van der Waals surface area contributed by atoms with Crippen molar-refractivity contribution in [2.75, 3.05) is 6.61 Å². The largest absolute Gasteiger partial charge is 0.454 e. The number of carbonyl (C=O) groups excluding carboxylic acids is 3. The molecule has 1 aromatic carbocycles. The summed E-state index contributed by atoms with van der Waals surface area (Å²) in [6.45, 7) is 3.67. The molecule has 0 spiro atoms. The van der Waals surface area contributed by atoms with E-state index in [2.05, 4.69) is 13.0 Å². The van der Waals surface area contributed by atoms with E-state index in [4.69, 9.17) is 4.74 Å². The molecule has 0 aromatic heterocycles. The third kappa shape index (κ3) is 3.57. The van der Waals surface area contributed by atoms with Gasteiger partial charge in [-0.3, -0.25) is 19.7 Å². The van der Waals surface area contributed by atoms with Gasteiger partial charge in [0.15, 0.2) is 12.4 Å². The van der Waals surface area contributed by atoms with Crippen molar-refractivity contribution in [2.45, 2.75) is 58.0 Å². The maximum Gasteiger partial charge on any atom is 0.338 e. The van der Waals surface area contributed by atoms with Crippen LogP contribution in [0.2, 0.25) is 0 Å². The normalized spacial score (nSPS) is 36.8. The van der Waals surface area contributed by atoms with E-state index in [9.17, 15) is 29.6 Å². The Balaban J connectivity index is 1.30. The van der Waals surface area contributed by atoms with Gasteiger partial charge in [0.2, 0.25) is 5.78 Å². The summed E-state index contributed by atoms with van der Waals surface area (Å²) in [7, 11) is 0. The maximum atomic E-state index is 13.3. The molecule has 8 nitrogen and oxygen atoms in total. The van der Waals surface area contributed by atoms with Crippen LogP contribution in [0.15, 0.2) is 48.1 Å². The van der Waals surface area contributed by atoms with E-state index in [0.717, 1.165) is 25.7 Å². The van der Waals surface area contributed by atoms with Gasteiger partial charge in [-0.25, -0.2) is 4.79 Å². The van der Waals surface area contributed by atoms with Gasteiger partial charge >= 0.3 is 5.97 Å². The van der Waals surface area contributed by atoms with Gasteiger partial charge in [-0.05, 0) is 80.6 Å². The smallest absolute Gasteiger partial charge is 0.338 e. The van der Waals surface area contributed by atoms with Gasteiger partial charge < -0.3 is 9.84 Å². The Kier molecular flexibility index (Phi) is 5.78. The van der Waals surface area contributed by atoms with E-state index in [0.29, 0.717) is 24.7 Å². The van der Waals surface area contributed by atoms with Crippen LogP contribution in [0.5, 0.6) is 0 Å². The van der Waals surface area contributed by atoms with Crippen molar-refractivity contribution in [3.8, 4) is 0 Å². The molecule has 36 heavy (non-hydrogen) atoms. The average Bonchev–Trinajstić information content (AvgIpc) is 3.14. The first-order chi connectivity index (χ1) is 17.0. The van der Waals surface area contributed by atoms with Gasteiger partial charge in [-0.15, -0.1) is 0 Å². The number of ether oxygens (including phenoxy) is 1. The van der Waals surface area contributed by atoms with Crippen LogP contribution in [0.25, 0.3) is 0 Å². The molecule has 3 fully saturated rings. The Labute approximate surface area is 209 Å². The molecule has 6 atom stereocenters. The van der Waals surface area contributed by atoms with Gasteiger partial charge in [0.1, 0.15) is 5.60 Å². The second-order valence-electron chi connectivity index (χ2n) is 11.3. The second kappa shape index (κ2) is 8.47. The Morgan fingerprint density at radius 2 is 1.81 bits per heavy atom. The van der Waals surface area contributed by atoms with Crippen LogP contribution in [0.3, 0.4) is 0 Å². The molecular weight excluding hydrogens is 462 g/mol. The summed E-state index contributed by atoms with van der Waals surface area (Å²) in [6.07, 6.45) is 9.91. The summed E-state index contributed by atoms with van der Waals surface area (Å²) in [6, 6.07) is 4.98. The molecule has 0 heterocycles. The molecular formula is C28H31NO7. The minimum Gasteiger partial charge on any atom is -0.454 e. The predicted octanol–water partition coefficient (Wildman–Crippen LogP) is 4.36. The molecule has 190 valence electrons. The zero-order valence-corrected chi connectivity index (χ0v) is 20.6. The molecule has 0 radical (unpaired) electrons. The molecule has 4 aliphatic rings. The minimum absolute atomic E-state index is 0.0469. The first kappa shape index (κ1) is 24.6. The van der Waals surface area contributed by atoms with Crippen molar-refractivity contribution < 1.29 is 29.2 Å². The highest BCUT2D eigenvalue weighted by Crippen LogP contribution is 2.67. The number of Topliss-reactive ketones (excluding diaryl/α,β-unsaturated/α-hetero) is 1. The fourth-order valence-corrected chi connectivity index (χ4v) is 7.72. The molecule has 0 bridgehead atoms. The number of esters is 1. The third-order valence-corrected chi connectivity index (χ3v) is 9.82. The summed E-state index contributed by atoms with van der Waals surface area (Å²) in [5, 5.41) is 22.5. The molecule has 0 aliphatic heterocycles. The molecule has 0 saturated heterocycles. The highest BCUT2D eigenvalue weighted by Gasteiger charge is 2.66. The molecule has 0 amide bonds. The number of non-ortho nitro benzene ring substituents is 1. The van der Waals surface area contributed by atoms with Crippen LogP contribution in [0.4, 0.5) is 5.69 Å². The lowest BCUT2D eigenvalue weighted by molar-refractivity contribution is -0.384. The zero-order chi connectivity index (χ0) is 25.9.